The number of aliphatic hydroxyl groups is 3. The highest BCUT2D eigenvalue weighted by Gasteiger charge is 1.83. The molecule has 0 aliphatic rings. The Kier molecular flexibility index (Phi) is 57.6. The molecule has 0 heterocycles. The van der Waals surface area contributed by atoms with Gasteiger partial charge in [-0.3, -0.25) is 0 Å². The molecule has 0 fully saturated rings. The minimum atomic E-state index is 0.0278. The van der Waals surface area contributed by atoms with E-state index in [0.717, 1.165) is 45.7 Å². The molecule has 0 rings (SSSR count). The smallest absolute Gasteiger partial charge is 0.0701 e. The summed E-state index contributed by atoms with van der Waals surface area (Å²) >= 11 is 0. The standard InChI is InChI=1S/C6H14O2.C6H14O.C5H12O3.C4H10O3/c1-3-4-8-6-5-7-2;1-3-5-7-6-4-2;1-7-4-5-8-3-2-6;5-1-3-7-4-2-6/h3-6H2,1-2H3;3-6H2,1-2H3;6H,2-5H2,1H3;5-6H,1-4H2. The van der Waals surface area contributed by atoms with E-state index in [4.69, 9.17) is 34.3 Å². The van der Waals surface area contributed by atoms with Crippen LogP contribution < -0.4 is 0 Å². The van der Waals surface area contributed by atoms with Gasteiger partial charge in [0.15, 0.2) is 0 Å². The average Bonchev–Trinajstić information content (AvgIpc) is 2.77. The first-order valence-corrected chi connectivity index (χ1v) is 10.8. The molecule has 0 spiro atoms. The second-order valence-electron chi connectivity index (χ2n) is 5.61. The first-order chi connectivity index (χ1) is 14.7. The van der Waals surface area contributed by atoms with E-state index in [-0.39, 0.29) is 19.8 Å². The largest absolute Gasteiger partial charge is 0.394 e. The number of aliphatic hydroxyl groups excluding tert-OH is 3. The van der Waals surface area contributed by atoms with E-state index in [9.17, 15) is 0 Å². The summed E-state index contributed by atoms with van der Waals surface area (Å²) in [5.41, 5.74) is 0. The van der Waals surface area contributed by atoms with Crippen LogP contribution >= 0.6 is 0 Å². The summed E-state index contributed by atoms with van der Waals surface area (Å²) in [6.45, 7) is 12.8. The van der Waals surface area contributed by atoms with Crippen LogP contribution in [-0.2, 0) is 28.4 Å². The van der Waals surface area contributed by atoms with E-state index in [1.807, 2.05) is 0 Å². The molecule has 0 radical (unpaired) electrons. The fourth-order valence-electron chi connectivity index (χ4n) is 1.32. The molecule has 0 aromatic carbocycles. The van der Waals surface area contributed by atoms with Gasteiger partial charge in [0.05, 0.1) is 66.1 Å². The zero-order chi connectivity index (χ0) is 23.6. The van der Waals surface area contributed by atoms with Crippen molar-refractivity contribution in [3.63, 3.8) is 0 Å². The van der Waals surface area contributed by atoms with Crippen molar-refractivity contribution in [1.82, 2.24) is 0 Å². The summed E-state index contributed by atoms with van der Waals surface area (Å²) in [4.78, 5) is 0. The van der Waals surface area contributed by atoms with Gasteiger partial charge in [-0.15, -0.1) is 0 Å². The molecular weight excluding hydrogens is 396 g/mol. The lowest BCUT2D eigenvalue weighted by molar-refractivity contribution is 0.0500. The lowest BCUT2D eigenvalue weighted by Gasteiger charge is -1.98. The Hall–Kier alpha value is -0.360. The van der Waals surface area contributed by atoms with Gasteiger partial charge in [-0.1, -0.05) is 20.8 Å². The van der Waals surface area contributed by atoms with Crippen molar-refractivity contribution < 1.29 is 43.7 Å². The molecular formula is C21H50O9. The van der Waals surface area contributed by atoms with E-state index in [0.29, 0.717) is 39.6 Å². The highest BCUT2D eigenvalue weighted by atomic mass is 16.5. The number of methoxy groups -OCH3 is 2. The molecule has 0 aromatic heterocycles. The summed E-state index contributed by atoms with van der Waals surface area (Å²) in [5, 5.41) is 24.4. The minimum Gasteiger partial charge on any atom is -0.394 e. The van der Waals surface area contributed by atoms with E-state index in [1.165, 1.54) is 0 Å². The average molecular weight is 447 g/mol. The number of hydrogen-bond acceptors (Lipinski definition) is 9. The van der Waals surface area contributed by atoms with Gasteiger partial charge in [0.25, 0.3) is 0 Å². The van der Waals surface area contributed by atoms with Crippen LogP contribution in [0.2, 0.25) is 0 Å². The van der Waals surface area contributed by atoms with Crippen molar-refractivity contribution in [3.05, 3.63) is 0 Å². The zero-order valence-corrected chi connectivity index (χ0v) is 20.1. The Morgan fingerprint density at radius 3 is 0.933 bits per heavy atom. The first-order valence-electron chi connectivity index (χ1n) is 10.8. The zero-order valence-electron chi connectivity index (χ0n) is 20.1. The number of ether oxygens (including phenoxy) is 6. The quantitative estimate of drug-likeness (QED) is 0.269. The van der Waals surface area contributed by atoms with Crippen molar-refractivity contribution in [1.29, 1.82) is 0 Å². The van der Waals surface area contributed by atoms with Crippen LogP contribution in [0.1, 0.15) is 40.0 Å². The van der Waals surface area contributed by atoms with E-state index in [2.05, 4.69) is 30.2 Å². The van der Waals surface area contributed by atoms with E-state index < -0.39 is 0 Å². The molecule has 0 amide bonds. The van der Waals surface area contributed by atoms with Crippen LogP contribution in [0.3, 0.4) is 0 Å². The topological polar surface area (TPSA) is 116 Å². The van der Waals surface area contributed by atoms with Gasteiger partial charge in [-0.25, -0.2) is 0 Å². The van der Waals surface area contributed by atoms with Crippen LogP contribution in [0.4, 0.5) is 0 Å². The van der Waals surface area contributed by atoms with Crippen LogP contribution in [0.15, 0.2) is 0 Å². The van der Waals surface area contributed by atoms with Gasteiger partial charge in [-0.2, -0.15) is 0 Å². The first kappa shape index (κ1) is 37.0. The summed E-state index contributed by atoms with van der Waals surface area (Å²) in [6.07, 6.45) is 3.36. The third kappa shape index (κ3) is 63.0. The minimum absolute atomic E-state index is 0.0278. The molecule has 0 bridgehead atoms. The predicted octanol–water partition coefficient (Wildman–Crippen LogP) is 1.51. The van der Waals surface area contributed by atoms with Crippen LogP contribution in [0.5, 0.6) is 0 Å². The van der Waals surface area contributed by atoms with Gasteiger partial charge in [-0.05, 0) is 19.3 Å². The molecule has 0 aliphatic carbocycles. The molecule has 9 nitrogen and oxygen atoms in total. The maximum atomic E-state index is 8.20. The van der Waals surface area contributed by atoms with Crippen molar-refractivity contribution in [2.24, 2.45) is 0 Å². The normalized spacial score (nSPS) is 9.60. The molecule has 0 saturated carbocycles. The third-order valence-electron chi connectivity index (χ3n) is 2.62. The molecule has 9 heteroatoms. The molecule has 3 N–H and O–H groups in total. The monoisotopic (exact) mass is 446 g/mol. The van der Waals surface area contributed by atoms with E-state index in [1.54, 1.807) is 14.2 Å². The van der Waals surface area contributed by atoms with Crippen molar-refractivity contribution in [2.75, 3.05) is 100 Å². The van der Waals surface area contributed by atoms with Gasteiger partial charge in [0, 0.05) is 34.0 Å². The third-order valence-corrected chi connectivity index (χ3v) is 2.62. The highest BCUT2D eigenvalue weighted by Crippen LogP contribution is 1.81. The highest BCUT2D eigenvalue weighted by molar-refractivity contribution is 4.27. The lowest BCUT2D eigenvalue weighted by Crippen LogP contribution is -2.05. The maximum Gasteiger partial charge on any atom is 0.0701 e. The Bertz CT molecular complexity index is 181. The Morgan fingerprint density at radius 1 is 0.400 bits per heavy atom. The number of hydrogen-bond donors (Lipinski definition) is 3. The van der Waals surface area contributed by atoms with Crippen LogP contribution in [-0.4, -0.2) is 115 Å². The summed E-state index contributed by atoms with van der Waals surface area (Å²) in [5.74, 6) is 0. The Balaban J connectivity index is -0.000000151. The molecule has 0 saturated heterocycles. The second-order valence-corrected chi connectivity index (χ2v) is 5.61. The van der Waals surface area contributed by atoms with Crippen LogP contribution in [0.25, 0.3) is 0 Å². The lowest BCUT2D eigenvalue weighted by atomic mass is 10.5. The summed E-state index contributed by atoms with van der Waals surface area (Å²) in [7, 11) is 3.29. The summed E-state index contributed by atoms with van der Waals surface area (Å²) in [6, 6.07) is 0. The van der Waals surface area contributed by atoms with Crippen molar-refractivity contribution in [3.8, 4) is 0 Å². The maximum absolute atomic E-state index is 8.20. The molecule has 0 unspecified atom stereocenters. The molecule has 30 heavy (non-hydrogen) atoms. The van der Waals surface area contributed by atoms with Crippen molar-refractivity contribution >= 4 is 0 Å². The fraction of sp³-hybridized carbons (Fsp3) is 1.00. The van der Waals surface area contributed by atoms with Gasteiger partial charge >= 0.3 is 0 Å². The van der Waals surface area contributed by atoms with Gasteiger partial charge < -0.3 is 43.7 Å². The van der Waals surface area contributed by atoms with Gasteiger partial charge in [0.2, 0.25) is 0 Å². The molecule has 188 valence electrons. The second kappa shape index (κ2) is 46.7. The molecule has 0 aliphatic heterocycles. The van der Waals surface area contributed by atoms with Gasteiger partial charge in [0.1, 0.15) is 0 Å². The number of rotatable bonds is 18. The molecule has 0 aromatic rings. The summed E-state index contributed by atoms with van der Waals surface area (Å²) < 4.78 is 29.2. The predicted molar refractivity (Wildman–Crippen MR) is 119 cm³/mol. The molecule has 0 atom stereocenters. The van der Waals surface area contributed by atoms with Crippen LogP contribution in [0, 0.1) is 0 Å². The Morgan fingerprint density at radius 2 is 0.667 bits per heavy atom. The fourth-order valence-corrected chi connectivity index (χ4v) is 1.32. The Labute approximate surface area is 184 Å². The van der Waals surface area contributed by atoms with E-state index >= 15 is 0 Å². The van der Waals surface area contributed by atoms with Crippen molar-refractivity contribution in [2.45, 2.75) is 40.0 Å². The SMILES string of the molecule is CCCOCCC.CCCOCCOC.COCCOCCO.OCCOCCO.